The lowest BCUT2D eigenvalue weighted by molar-refractivity contribution is -0.139. The maximum absolute atomic E-state index is 12.4. The minimum absolute atomic E-state index is 0.125. The lowest BCUT2D eigenvalue weighted by Gasteiger charge is -2.09. The Kier molecular flexibility index (Phi) is 8.55. The van der Waals surface area contributed by atoms with Gasteiger partial charge in [0.25, 0.3) is 0 Å². The summed E-state index contributed by atoms with van der Waals surface area (Å²) in [5.74, 6) is -1.75. The van der Waals surface area contributed by atoms with Crippen LogP contribution in [0.1, 0.15) is 24.5 Å². The monoisotopic (exact) mass is 427 g/mol. The topological polar surface area (TPSA) is 89.5 Å². The number of rotatable bonds is 9. The molecule has 158 valence electrons. The van der Waals surface area contributed by atoms with Gasteiger partial charge in [-0.2, -0.15) is 0 Å². The van der Waals surface area contributed by atoms with Gasteiger partial charge in [-0.05, 0) is 31.5 Å². The molecule has 6 nitrogen and oxygen atoms in total. The summed E-state index contributed by atoms with van der Waals surface area (Å²) >= 11 is 0. The van der Waals surface area contributed by atoms with Crippen LogP contribution in [0.4, 0.5) is 0 Å². The van der Waals surface area contributed by atoms with Crippen molar-refractivity contribution >= 4 is 27.8 Å². The van der Waals surface area contributed by atoms with Crippen LogP contribution in [0.15, 0.2) is 77.2 Å². The number of benzene rings is 2. The molecule has 2 aromatic carbocycles. The quantitative estimate of drug-likeness (QED) is 0.376. The van der Waals surface area contributed by atoms with Crippen LogP contribution < -0.4 is 5.32 Å². The van der Waals surface area contributed by atoms with Crippen LogP contribution >= 0.6 is 0 Å². The van der Waals surface area contributed by atoms with Crippen molar-refractivity contribution < 1.29 is 22.7 Å². The van der Waals surface area contributed by atoms with Crippen molar-refractivity contribution in [2.24, 2.45) is 0 Å². The number of ether oxygens (including phenoxy) is 1. The maximum atomic E-state index is 12.4. The standard InChI is InChI=1S/C23H25NO5S/c1-3-29-23(26)20(11-7-10-19-8-5-4-6-9-19)16-22(25)24-17-30(27,28)21-14-12-18(2)13-15-21/h4-15H,3,16-17H2,1-2H3,(H,24,25)/b10-7+,20-11+. The summed E-state index contributed by atoms with van der Waals surface area (Å²) in [6, 6.07) is 15.8. The van der Waals surface area contributed by atoms with E-state index in [9.17, 15) is 18.0 Å². The second-order valence-corrected chi connectivity index (χ2v) is 8.52. The summed E-state index contributed by atoms with van der Waals surface area (Å²) in [5, 5.41) is 2.37. The fraction of sp³-hybridized carbons (Fsp3) is 0.217. The van der Waals surface area contributed by atoms with E-state index < -0.39 is 27.6 Å². The second kappa shape index (κ2) is 11.1. The summed E-state index contributed by atoms with van der Waals surface area (Å²) in [6.45, 7) is 3.69. The van der Waals surface area contributed by atoms with Gasteiger partial charge in [0.15, 0.2) is 9.84 Å². The van der Waals surface area contributed by atoms with E-state index in [1.54, 1.807) is 31.2 Å². The summed E-state index contributed by atoms with van der Waals surface area (Å²) in [5.41, 5.74) is 2.01. The summed E-state index contributed by atoms with van der Waals surface area (Å²) in [7, 11) is -3.67. The molecule has 0 radical (unpaired) electrons. The Labute approximate surface area is 177 Å². The number of aryl methyl sites for hydroxylation is 1. The maximum Gasteiger partial charge on any atom is 0.334 e. The Hall–Kier alpha value is -3.19. The first-order valence-corrected chi connectivity index (χ1v) is 11.1. The van der Waals surface area contributed by atoms with E-state index in [1.807, 2.05) is 37.3 Å². The van der Waals surface area contributed by atoms with Gasteiger partial charge in [0, 0.05) is 5.57 Å². The third kappa shape index (κ3) is 7.33. The molecular weight excluding hydrogens is 402 g/mol. The largest absolute Gasteiger partial charge is 0.463 e. The molecular formula is C23H25NO5S. The van der Waals surface area contributed by atoms with Gasteiger partial charge in [-0.15, -0.1) is 0 Å². The minimum atomic E-state index is -3.67. The molecule has 2 rings (SSSR count). The Morgan fingerprint density at radius 1 is 1.03 bits per heavy atom. The highest BCUT2D eigenvalue weighted by atomic mass is 32.2. The molecule has 0 saturated carbocycles. The lowest BCUT2D eigenvalue weighted by Crippen LogP contribution is -2.30. The van der Waals surface area contributed by atoms with Crippen molar-refractivity contribution in [3.05, 3.63) is 83.4 Å². The minimum Gasteiger partial charge on any atom is -0.463 e. The summed E-state index contributed by atoms with van der Waals surface area (Å²) < 4.78 is 29.7. The third-order valence-corrected chi connectivity index (χ3v) is 5.63. The lowest BCUT2D eigenvalue weighted by atomic mass is 10.1. The van der Waals surface area contributed by atoms with Gasteiger partial charge in [-0.1, -0.05) is 66.3 Å². The zero-order valence-electron chi connectivity index (χ0n) is 17.0. The van der Waals surface area contributed by atoms with E-state index in [2.05, 4.69) is 5.32 Å². The van der Waals surface area contributed by atoms with E-state index >= 15 is 0 Å². The Bertz CT molecular complexity index is 1020. The van der Waals surface area contributed by atoms with E-state index in [0.717, 1.165) is 11.1 Å². The Morgan fingerprint density at radius 2 is 1.70 bits per heavy atom. The molecule has 0 aliphatic carbocycles. The number of amides is 1. The number of allylic oxidation sites excluding steroid dienone is 2. The first-order valence-electron chi connectivity index (χ1n) is 9.47. The highest BCUT2D eigenvalue weighted by molar-refractivity contribution is 7.91. The Balaban J connectivity index is 2.04. The van der Waals surface area contributed by atoms with Crippen LogP contribution in [0, 0.1) is 6.92 Å². The molecule has 0 aliphatic rings. The average molecular weight is 428 g/mol. The molecule has 0 spiro atoms. The number of carbonyl (C=O) groups is 2. The molecule has 0 aromatic heterocycles. The molecule has 1 N–H and O–H groups in total. The molecule has 0 aliphatic heterocycles. The zero-order chi connectivity index (χ0) is 22.0. The van der Waals surface area contributed by atoms with Crippen molar-refractivity contribution in [3.8, 4) is 0 Å². The van der Waals surface area contributed by atoms with Crippen LogP contribution in [0.2, 0.25) is 0 Å². The van der Waals surface area contributed by atoms with Crippen LogP contribution in [-0.4, -0.2) is 32.8 Å². The zero-order valence-corrected chi connectivity index (χ0v) is 17.8. The molecule has 30 heavy (non-hydrogen) atoms. The second-order valence-electron chi connectivity index (χ2n) is 6.53. The SMILES string of the molecule is CCOC(=O)/C(=C/C=C/c1ccccc1)CC(=O)NCS(=O)(=O)c1ccc(C)cc1. The number of nitrogens with one attached hydrogen (secondary N) is 1. The van der Waals surface area contributed by atoms with Gasteiger partial charge >= 0.3 is 5.97 Å². The van der Waals surface area contributed by atoms with Crippen molar-refractivity contribution in [1.82, 2.24) is 5.32 Å². The van der Waals surface area contributed by atoms with Gasteiger partial charge < -0.3 is 10.1 Å². The number of sulfone groups is 1. The van der Waals surface area contributed by atoms with E-state index in [0.29, 0.717) is 0 Å². The van der Waals surface area contributed by atoms with Crippen LogP contribution in [0.5, 0.6) is 0 Å². The number of hydrogen-bond acceptors (Lipinski definition) is 5. The van der Waals surface area contributed by atoms with Crippen molar-refractivity contribution in [3.63, 3.8) is 0 Å². The van der Waals surface area contributed by atoms with Gasteiger partial charge in [0.1, 0.15) is 5.88 Å². The van der Waals surface area contributed by atoms with E-state index in [-0.39, 0.29) is 23.5 Å². The molecule has 0 unspecified atom stereocenters. The van der Waals surface area contributed by atoms with Gasteiger partial charge in [0.2, 0.25) is 5.91 Å². The molecule has 0 bridgehead atoms. The van der Waals surface area contributed by atoms with Crippen LogP contribution in [0.3, 0.4) is 0 Å². The molecule has 1 amide bonds. The average Bonchev–Trinajstić information content (AvgIpc) is 2.73. The fourth-order valence-corrected chi connectivity index (χ4v) is 3.57. The fourth-order valence-electron chi connectivity index (χ4n) is 2.50. The third-order valence-electron chi connectivity index (χ3n) is 4.11. The van der Waals surface area contributed by atoms with E-state index in [4.69, 9.17) is 4.74 Å². The van der Waals surface area contributed by atoms with Gasteiger partial charge in [-0.3, -0.25) is 4.79 Å². The predicted molar refractivity (Wildman–Crippen MR) is 116 cm³/mol. The molecule has 0 atom stereocenters. The smallest absolute Gasteiger partial charge is 0.334 e. The molecule has 0 saturated heterocycles. The molecule has 7 heteroatoms. The number of esters is 1. The summed E-state index contributed by atoms with van der Waals surface area (Å²) in [4.78, 5) is 24.6. The first kappa shape index (κ1) is 23.1. The molecule has 0 heterocycles. The van der Waals surface area contributed by atoms with Crippen molar-refractivity contribution in [2.45, 2.75) is 25.2 Å². The van der Waals surface area contributed by atoms with Crippen LogP contribution in [0.25, 0.3) is 6.08 Å². The molecule has 0 fully saturated rings. The normalized spacial score (nSPS) is 12.0. The van der Waals surface area contributed by atoms with E-state index in [1.165, 1.54) is 18.2 Å². The summed E-state index contributed by atoms with van der Waals surface area (Å²) in [6.07, 6.45) is 4.65. The Morgan fingerprint density at radius 3 is 2.33 bits per heavy atom. The van der Waals surface area contributed by atoms with Gasteiger partial charge in [-0.25, -0.2) is 13.2 Å². The van der Waals surface area contributed by atoms with Crippen LogP contribution in [-0.2, 0) is 24.2 Å². The predicted octanol–water partition coefficient (Wildman–Crippen LogP) is 3.44. The number of carbonyl (C=O) groups excluding carboxylic acids is 2. The highest BCUT2D eigenvalue weighted by Gasteiger charge is 2.18. The molecule has 2 aromatic rings. The highest BCUT2D eigenvalue weighted by Crippen LogP contribution is 2.12. The first-order chi connectivity index (χ1) is 14.3. The van der Waals surface area contributed by atoms with Crippen molar-refractivity contribution in [1.29, 1.82) is 0 Å². The van der Waals surface area contributed by atoms with Crippen molar-refractivity contribution in [2.75, 3.05) is 12.5 Å². The van der Waals surface area contributed by atoms with Gasteiger partial charge in [0.05, 0.1) is 17.9 Å². The number of hydrogen-bond donors (Lipinski definition) is 1.